The van der Waals surface area contributed by atoms with Crippen molar-refractivity contribution in [1.82, 2.24) is 15.1 Å². The van der Waals surface area contributed by atoms with Gasteiger partial charge in [0, 0.05) is 30.1 Å². The zero-order chi connectivity index (χ0) is 28.5. The van der Waals surface area contributed by atoms with E-state index < -0.39 is 0 Å². The van der Waals surface area contributed by atoms with Crippen LogP contribution in [0.15, 0.2) is 66.7 Å². The molecule has 11 heteroatoms. The molecule has 0 saturated carbocycles. The summed E-state index contributed by atoms with van der Waals surface area (Å²) in [5.41, 5.74) is 2.24. The number of benzene rings is 3. The van der Waals surface area contributed by atoms with Crippen LogP contribution >= 0.6 is 22.9 Å². The molecule has 0 radical (unpaired) electrons. The fraction of sp³-hybridized carbons (Fsp3) is 0.241. The van der Waals surface area contributed by atoms with Crippen LogP contribution in [0.1, 0.15) is 22.3 Å². The lowest BCUT2D eigenvalue weighted by atomic mass is 10.1. The number of nitrogens with zero attached hydrogens (tertiary/aromatic N) is 3. The molecule has 0 spiro atoms. The summed E-state index contributed by atoms with van der Waals surface area (Å²) >= 11 is 7.22. The van der Waals surface area contributed by atoms with E-state index in [0.717, 1.165) is 11.1 Å². The van der Waals surface area contributed by atoms with Crippen LogP contribution in [0, 0.1) is 0 Å². The molecule has 9 nitrogen and oxygen atoms in total. The number of ether oxygens (including phenoxy) is 3. The van der Waals surface area contributed by atoms with Crippen molar-refractivity contribution in [2.24, 2.45) is 0 Å². The molecule has 0 saturated heterocycles. The number of hydrogen-bond donors (Lipinski definition) is 1. The Morgan fingerprint density at radius 2 is 1.60 bits per heavy atom. The summed E-state index contributed by atoms with van der Waals surface area (Å²) in [6, 6.07) is 19.9. The van der Waals surface area contributed by atoms with E-state index in [0.29, 0.717) is 50.9 Å². The maximum atomic E-state index is 13.6. The first-order valence-electron chi connectivity index (χ1n) is 12.4. The van der Waals surface area contributed by atoms with Crippen molar-refractivity contribution in [2.75, 3.05) is 39.7 Å². The Kier molecular flexibility index (Phi) is 9.93. The molecule has 0 aliphatic carbocycles. The average molecular weight is 581 g/mol. The van der Waals surface area contributed by atoms with Crippen molar-refractivity contribution in [3.8, 4) is 27.8 Å². The molecular formula is C29H29ClN4O5S. The summed E-state index contributed by atoms with van der Waals surface area (Å²) in [4.78, 5) is 28.0. The largest absolute Gasteiger partial charge is 0.496 e. The molecule has 3 aromatic carbocycles. The fourth-order valence-electron chi connectivity index (χ4n) is 4.01. The third kappa shape index (κ3) is 7.28. The summed E-state index contributed by atoms with van der Waals surface area (Å²) in [5, 5.41) is 12.7. The lowest BCUT2D eigenvalue weighted by Crippen LogP contribution is -2.35. The van der Waals surface area contributed by atoms with Gasteiger partial charge in [0.15, 0.2) is 11.5 Å². The molecule has 0 atom stereocenters. The van der Waals surface area contributed by atoms with E-state index in [1.165, 1.54) is 18.4 Å². The molecule has 40 heavy (non-hydrogen) atoms. The Bertz CT molecular complexity index is 1460. The number of carbonyl (C=O) groups is 2. The van der Waals surface area contributed by atoms with Crippen molar-refractivity contribution in [1.29, 1.82) is 0 Å². The summed E-state index contributed by atoms with van der Waals surface area (Å²) in [7, 11) is 4.68. The molecule has 208 valence electrons. The van der Waals surface area contributed by atoms with E-state index in [2.05, 4.69) is 15.5 Å². The first kappa shape index (κ1) is 28.8. The number of aromatic nitrogens is 2. The minimum absolute atomic E-state index is 0.0721. The van der Waals surface area contributed by atoms with E-state index in [1.807, 2.05) is 30.3 Å². The number of rotatable bonds is 12. The highest BCUT2D eigenvalue weighted by atomic mass is 35.5. The van der Waals surface area contributed by atoms with Gasteiger partial charge in [-0.25, -0.2) is 0 Å². The van der Waals surface area contributed by atoms with Gasteiger partial charge in [-0.3, -0.25) is 9.59 Å². The summed E-state index contributed by atoms with van der Waals surface area (Å²) in [5.74, 6) is 1.20. The van der Waals surface area contributed by atoms with Crippen molar-refractivity contribution in [3.63, 3.8) is 0 Å². The SMILES string of the molecule is COc1ccc(CCN(CCC(=O)Nc2nnc(-c3ccc(Cl)cc3)s2)C(=O)c2ccccc2OC)cc1OC. The van der Waals surface area contributed by atoms with Gasteiger partial charge in [0.05, 0.1) is 26.9 Å². The first-order chi connectivity index (χ1) is 19.4. The fourth-order valence-corrected chi connectivity index (χ4v) is 4.90. The number of methoxy groups -OCH3 is 3. The predicted octanol–water partition coefficient (Wildman–Crippen LogP) is 5.60. The number of hydrogen-bond acceptors (Lipinski definition) is 8. The second kappa shape index (κ2) is 13.8. The van der Waals surface area contributed by atoms with Gasteiger partial charge >= 0.3 is 0 Å². The second-order valence-corrected chi connectivity index (χ2v) is 10.1. The predicted molar refractivity (Wildman–Crippen MR) is 156 cm³/mol. The number of amides is 2. The monoisotopic (exact) mass is 580 g/mol. The number of halogens is 1. The highest BCUT2D eigenvalue weighted by molar-refractivity contribution is 7.18. The highest BCUT2D eigenvalue weighted by Crippen LogP contribution is 2.29. The molecule has 0 unspecified atom stereocenters. The van der Waals surface area contributed by atoms with E-state index in [-0.39, 0.29) is 24.8 Å². The molecule has 2 amide bonds. The van der Waals surface area contributed by atoms with Crippen LogP contribution in [0.25, 0.3) is 10.6 Å². The van der Waals surface area contributed by atoms with Crippen molar-refractivity contribution >= 4 is 39.9 Å². The first-order valence-corrected chi connectivity index (χ1v) is 13.6. The minimum Gasteiger partial charge on any atom is -0.496 e. The van der Waals surface area contributed by atoms with Crippen molar-refractivity contribution in [2.45, 2.75) is 12.8 Å². The van der Waals surface area contributed by atoms with Crippen LogP contribution < -0.4 is 19.5 Å². The highest BCUT2D eigenvalue weighted by Gasteiger charge is 2.21. The van der Waals surface area contributed by atoms with Gasteiger partial charge in [0.25, 0.3) is 5.91 Å². The molecule has 1 heterocycles. The van der Waals surface area contributed by atoms with Gasteiger partial charge in [0.2, 0.25) is 11.0 Å². The topological polar surface area (TPSA) is 103 Å². The molecule has 0 bridgehead atoms. The molecule has 0 fully saturated rings. The average Bonchev–Trinajstić information content (AvgIpc) is 3.45. The third-order valence-electron chi connectivity index (χ3n) is 6.11. The van der Waals surface area contributed by atoms with Gasteiger partial charge in [-0.05, 0) is 48.4 Å². The van der Waals surface area contributed by atoms with Crippen LogP contribution in [0.5, 0.6) is 17.2 Å². The molecule has 0 aliphatic rings. The quantitative estimate of drug-likeness (QED) is 0.233. The van der Waals surface area contributed by atoms with E-state index in [9.17, 15) is 9.59 Å². The maximum absolute atomic E-state index is 13.6. The van der Waals surface area contributed by atoms with Gasteiger partial charge in [-0.1, -0.05) is 53.3 Å². The van der Waals surface area contributed by atoms with E-state index in [1.54, 1.807) is 55.5 Å². The standard InChI is InChI=1S/C29H29ClN4O5S/c1-37-23-7-5-4-6-22(23)28(36)34(16-14-19-8-13-24(38-2)25(18-19)39-3)17-15-26(35)31-29-33-32-27(40-29)20-9-11-21(30)12-10-20/h4-13,18H,14-17H2,1-3H3,(H,31,33,35). The maximum Gasteiger partial charge on any atom is 0.257 e. The summed E-state index contributed by atoms with van der Waals surface area (Å²) < 4.78 is 16.1. The number of para-hydroxylation sites is 1. The zero-order valence-corrected chi connectivity index (χ0v) is 23.9. The Hall–Kier alpha value is -4.15. The molecule has 0 aliphatic heterocycles. The normalized spacial score (nSPS) is 10.6. The molecule has 4 rings (SSSR count). The van der Waals surface area contributed by atoms with Crippen LogP contribution in [-0.4, -0.2) is 61.3 Å². The van der Waals surface area contributed by atoms with Crippen LogP contribution in [-0.2, 0) is 11.2 Å². The summed E-state index contributed by atoms with van der Waals surface area (Å²) in [6.45, 7) is 0.567. The lowest BCUT2D eigenvalue weighted by molar-refractivity contribution is -0.116. The van der Waals surface area contributed by atoms with E-state index in [4.69, 9.17) is 25.8 Å². The van der Waals surface area contributed by atoms with Gasteiger partial charge in [-0.15, -0.1) is 10.2 Å². The lowest BCUT2D eigenvalue weighted by Gasteiger charge is -2.24. The van der Waals surface area contributed by atoms with Gasteiger partial charge < -0.3 is 24.4 Å². The van der Waals surface area contributed by atoms with Crippen molar-refractivity contribution in [3.05, 3.63) is 82.9 Å². The zero-order valence-electron chi connectivity index (χ0n) is 22.3. The Morgan fingerprint density at radius 3 is 2.33 bits per heavy atom. The van der Waals surface area contributed by atoms with Crippen LogP contribution in [0.3, 0.4) is 0 Å². The Labute approximate surface area is 241 Å². The smallest absolute Gasteiger partial charge is 0.257 e. The van der Waals surface area contributed by atoms with Gasteiger partial charge in [0.1, 0.15) is 10.8 Å². The second-order valence-electron chi connectivity index (χ2n) is 8.65. The molecular weight excluding hydrogens is 552 g/mol. The van der Waals surface area contributed by atoms with Crippen LogP contribution in [0.4, 0.5) is 5.13 Å². The Morgan fingerprint density at radius 1 is 0.875 bits per heavy atom. The third-order valence-corrected chi connectivity index (χ3v) is 7.25. The van der Waals surface area contributed by atoms with Crippen molar-refractivity contribution < 1.29 is 23.8 Å². The van der Waals surface area contributed by atoms with Gasteiger partial charge in [-0.2, -0.15) is 0 Å². The molecule has 1 aromatic heterocycles. The number of carbonyl (C=O) groups excluding carboxylic acids is 2. The molecule has 1 N–H and O–H groups in total. The number of anilines is 1. The minimum atomic E-state index is -0.275. The molecule has 4 aromatic rings. The van der Waals surface area contributed by atoms with E-state index >= 15 is 0 Å². The van der Waals surface area contributed by atoms with Crippen LogP contribution in [0.2, 0.25) is 5.02 Å². The Balaban J connectivity index is 1.45. The number of nitrogens with one attached hydrogen (secondary N) is 1. The summed E-state index contributed by atoms with van der Waals surface area (Å²) in [6.07, 6.45) is 0.617.